The van der Waals surface area contributed by atoms with Crippen molar-refractivity contribution in [1.29, 1.82) is 0 Å². The monoisotopic (exact) mass is 527 g/mol. The Balaban J connectivity index is 1.52. The molecule has 180 valence electrons. The standard InChI is InChI=1S/C26H23Cl2N3O3S/c1-4-14(2)15-6-10-23-21(12-15)29-25(34-23)17-5-8-18(27)20(13-17)30-26(35)31-24(32)16-7-9-22(33-3)19(28)11-16/h5-14H,4H2,1-3H3,(H2,30,31,32,35)/t14-/m0/s1. The van der Waals surface area contributed by atoms with Crippen molar-refractivity contribution in [2.45, 2.75) is 26.2 Å². The minimum Gasteiger partial charge on any atom is -0.495 e. The second-order valence-corrected chi connectivity index (χ2v) is 9.23. The number of methoxy groups -OCH3 is 1. The molecule has 0 aliphatic heterocycles. The van der Waals surface area contributed by atoms with Crippen LogP contribution in [0.5, 0.6) is 5.75 Å². The molecule has 1 amide bonds. The third kappa shape index (κ3) is 5.59. The Bertz CT molecular complexity index is 1420. The van der Waals surface area contributed by atoms with Crippen molar-refractivity contribution in [3.63, 3.8) is 0 Å². The summed E-state index contributed by atoms with van der Waals surface area (Å²) in [5, 5.41) is 6.42. The molecule has 9 heteroatoms. The summed E-state index contributed by atoms with van der Waals surface area (Å²) < 4.78 is 11.1. The third-order valence-electron chi connectivity index (χ3n) is 5.70. The Morgan fingerprint density at radius 3 is 2.63 bits per heavy atom. The lowest BCUT2D eigenvalue weighted by molar-refractivity contribution is 0.0977. The van der Waals surface area contributed by atoms with Crippen LogP contribution in [0.4, 0.5) is 5.69 Å². The number of hydrogen-bond acceptors (Lipinski definition) is 5. The quantitative estimate of drug-likeness (QED) is 0.253. The molecule has 0 saturated carbocycles. The molecule has 0 radical (unpaired) electrons. The SMILES string of the molecule is CC[C@H](C)c1ccc2oc(-c3ccc(Cl)c(NC(=S)NC(=O)c4ccc(OC)c(Cl)c4)c3)nc2c1. The first kappa shape index (κ1) is 25.0. The van der Waals surface area contributed by atoms with E-state index in [1.165, 1.54) is 18.7 Å². The fourth-order valence-corrected chi connectivity index (χ4v) is 4.13. The summed E-state index contributed by atoms with van der Waals surface area (Å²) in [6, 6.07) is 16.1. The molecule has 0 saturated heterocycles. The Kier molecular flexibility index (Phi) is 7.60. The van der Waals surface area contributed by atoms with E-state index in [-0.39, 0.29) is 5.11 Å². The molecule has 6 nitrogen and oxygen atoms in total. The molecule has 0 unspecified atom stereocenters. The molecule has 1 heterocycles. The number of benzene rings is 3. The second-order valence-electron chi connectivity index (χ2n) is 8.01. The number of aromatic nitrogens is 1. The van der Waals surface area contributed by atoms with Crippen molar-refractivity contribution < 1.29 is 13.9 Å². The molecule has 2 N–H and O–H groups in total. The number of oxazole rings is 1. The Morgan fingerprint density at radius 1 is 1.11 bits per heavy atom. The number of hydrogen-bond donors (Lipinski definition) is 2. The number of halogens is 2. The molecule has 35 heavy (non-hydrogen) atoms. The number of thiocarbonyl (C=S) groups is 1. The van der Waals surface area contributed by atoms with Crippen LogP contribution in [0.15, 0.2) is 59.0 Å². The number of amides is 1. The van der Waals surface area contributed by atoms with Gasteiger partial charge < -0.3 is 14.5 Å². The van der Waals surface area contributed by atoms with Gasteiger partial charge in [-0.3, -0.25) is 10.1 Å². The van der Waals surface area contributed by atoms with Gasteiger partial charge in [0.15, 0.2) is 10.7 Å². The number of carbonyl (C=O) groups is 1. The molecule has 0 aliphatic carbocycles. The van der Waals surface area contributed by atoms with Gasteiger partial charge in [-0.2, -0.15) is 0 Å². The number of nitrogens with one attached hydrogen (secondary N) is 2. The van der Waals surface area contributed by atoms with Crippen LogP contribution < -0.4 is 15.4 Å². The highest BCUT2D eigenvalue weighted by atomic mass is 35.5. The number of fused-ring (bicyclic) bond motifs is 1. The van der Waals surface area contributed by atoms with Gasteiger partial charge >= 0.3 is 0 Å². The van der Waals surface area contributed by atoms with Gasteiger partial charge in [0.05, 0.1) is 22.8 Å². The van der Waals surface area contributed by atoms with Gasteiger partial charge in [-0.05, 0) is 78.7 Å². The zero-order chi connectivity index (χ0) is 25.1. The van der Waals surface area contributed by atoms with Crippen LogP contribution in [0, 0.1) is 0 Å². The first-order valence-electron chi connectivity index (χ1n) is 10.9. The zero-order valence-electron chi connectivity index (χ0n) is 19.3. The highest BCUT2D eigenvalue weighted by Crippen LogP contribution is 2.32. The van der Waals surface area contributed by atoms with E-state index in [9.17, 15) is 4.79 Å². The first-order valence-corrected chi connectivity index (χ1v) is 12.1. The summed E-state index contributed by atoms with van der Waals surface area (Å²) in [5.41, 5.74) is 4.28. The molecule has 0 spiro atoms. The van der Waals surface area contributed by atoms with Gasteiger partial charge in [0, 0.05) is 11.1 Å². The Morgan fingerprint density at radius 2 is 1.91 bits per heavy atom. The molecule has 0 aliphatic rings. The summed E-state index contributed by atoms with van der Waals surface area (Å²) in [6.07, 6.45) is 1.05. The number of nitrogens with zero attached hydrogens (tertiary/aromatic N) is 1. The van der Waals surface area contributed by atoms with Crippen molar-refractivity contribution in [2.75, 3.05) is 12.4 Å². The summed E-state index contributed by atoms with van der Waals surface area (Å²) in [4.78, 5) is 17.2. The molecule has 4 rings (SSSR count). The van der Waals surface area contributed by atoms with Crippen molar-refractivity contribution in [3.8, 4) is 17.2 Å². The van der Waals surface area contributed by atoms with Gasteiger partial charge in [-0.25, -0.2) is 4.98 Å². The molecule has 3 aromatic carbocycles. The fourth-order valence-electron chi connectivity index (χ4n) is 3.50. The lowest BCUT2D eigenvalue weighted by atomic mass is 9.98. The van der Waals surface area contributed by atoms with Crippen LogP contribution >= 0.6 is 35.4 Å². The van der Waals surface area contributed by atoms with Gasteiger partial charge in [0.25, 0.3) is 5.91 Å². The number of ether oxygens (including phenoxy) is 1. The number of anilines is 1. The average Bonchev–Trinajstić information content (AvgIpc) is 3.28. The molecule has 1 aromatic heterocycles. The Hall–Kier alpha value is -3.13. The minimum absolute atomic E-state index is 0.0803. The molecule has 0 bridgehead atoms. The maximum atomic E-state index is 12.6. The molecular formula is C26H23Cl2N3O3S. The van der Waals surface area contributed by atoms with Crippen LogP contribution in [0.1, 0.15) is 42.1 Å². The van der Waals surface area contributed by atoms with Crippen LogP contribution in [0.2, 0.25) is 10.0 Å². The first-order chi connectivity index (χ1) is 16.8. The third-order valence-corrected chi connectivity index (χ3v) is 6.52. The number of carbonyl (C=O) groups excluding carboxylic acids is 1. The summed E-state index contributed by atoms with van der Waals surface area (Å²) in [7, 11) is 1.50. The Labute approximate surface area is 218 Å². The largest absolute Gasteiger partial charge is 0.495 e. The maximum absolute atomic E-state index is 12.6. The number of rotatable bonds is 6. The zero-order valence-corrected chi connectivity index (χ0v) is 21.6. The lowest BCUT2D eigenvalue weighted by Crippen LogP contribution is -2.34. The van der Waals surface area contributed by atoms with E-state index in [4.69, 9.17) is 44.6 Å². The van der Waals surface area contributed by atoms with Gasteiger partial charge in [0.1, 0.15) is 11.3 Å². The van der Waals surface area contributed by atoms with Crippen molar-refractivity contribution >= 4 is 63.2 Å². The highest BCUT2D eigenvalue weighted by Gasteiger charge is 2.15. The van der Waals surface area contributed by atoms with E-state index >= 15 is 0 Å². The van der Waals surface area contributed by atoms with Crippen LogP contribution in [0.3, 0.4) is 0 Å². The topological polar surface area (TPSA) is 76.4 Å². The van der Waals surface area contributed by atoms with Crippen LogP contribution in [-0.2, 0) is 0 Å². The van der Waals surface area contributed by atoms with Crippen molar-refractivity contribution in [3.05, 3.63) is 75.8 Å². The predicted molar refractivity (Wildman–Crippen MR) is 145 cm³/mol. The second kappa shape index (κ2) is 10.6. The molecule has 4 aromatic rings. The average molecular weight is 528 g/mol. The smallest absolute Gasteiger partial charge is 0.257 e. The highest BCUT2D eigenvalue weighted by molar-refractivity contribution is 7.80. The normalized spacial score (nSPS) is 11.8. The van der Waals surface area contributed by atoms with Crippen molar-refractivity contribution in [1.82, 2.24) is 10.3 Å². The van der Waals surface area contributed by atoms with Gasteiger partial charge in [-0.15, -0.1) is 0 Å². The lowest BCUT2D eigenvalue weighted by Gasteiger charge is -2.12. The predicted octanol–water partition coefficient (Wildman–Crippen LogP) is 7.45. The summed E-state index contributed by atoms with van der Waals surface area (Å²) in [6.45, 7) is 4.34. The van der Waals surface area contributed by atoms with E-state index in [1.54, 1.807) is 24.3 Å². The molecule has 0 fully saturated rings. The van der Waals surface area contributed by atoms with E-state index in [0.29, 0.717) is 50.0 Å². The minimum atomic E-state index is -0.421. The summed E-state index contributed by atoms with van der Waals surface area (Å²) in [5.74, 6) is 0.957. The van der Waals surface area contributed by atoms with Gasteiger partial charge in [0.2, 0.25) is 5.89 Å². The van der Waals surface area contributed by atoms with E-state index in [0.717, 1.165) is 11.9 Å². The van der Waals surface area contributed by atoms with E-state index in [2.05, 4.69) is 41.6 Å². The molecule has 1 atom stereocenters. The van der Waals surface area contributed by atoms with Crippen LogP contribution in [-0.4, -0.2) is 23.1 Å². The fraction of sp³-hybridized carbons (Fsp3) is 0.192. The van der Waals surface area contributed by atoms with E-state index in [1.807, 2.05) is 12.1 Å². The van der Waals surface area contributed by atoms with Crippen LogP contribution in [0.25, 0.3) is 22.6 Å². The van der Waals surface area contributed by atoms with Crippen molar-refractivity contribution in [2.24, 2.45) is 0 Å². The summed E-state index contributed by atoms with van der Waals surface area (Å²) >= 11 is 17.8. The molecular weight excluding hydrogens is 505 g/mol. The van der Waals surface area contributed by atoms with E-state index < -0.39 is 5.91 Å². The van der Waals surface area contributed by atoms with Gasteiger partial charge in [-0.1, -0.05) is 43.1 Å². The maximum Gasteiger partial charge on any atom is 0.257 e.